The fourth-order valence-corrected chi connectivity index (χ4v) is 3.25. The molecule has 4 rings (SSSR count). The summed E-state index contributed by atoms with van der Waals surface area (Å²) < 4.78 is 3.88. The molecule has 1 aliphatic heterocycles. The predicted octanol–water partition coefficient (Wildman–Crippen LogP) is 1.27. The van der Waals surface area contributed by atoms with Crippen molar-refractivity contribution >= 4 is 22.9 Å². The number of rotatable bonds is 2. The van der Waals surface area contributed by atoms with Crippen LogP contribution in [0.5, 0.6) is 0 Å². The van der Waals surface area contributed by atoms with Crippen molar-refractivity contribution < 1.29 is 4.79 Å². The number of piperazine rings is 1. The number of carbonyl (C=O) groups excluding carboxylic acids is 1. The van der Waals surface area contributed by atoms with Crippen molar-refractivity contribution in [3.8, 4) is 0 Å². The molecule has 0 saturated carbocycles. The van der Waals surface area contributed by atoms with Gasteiger partial charge in [-0.3, -0.25) is 4.79 Å². The Morgan fingerprint density at radius 1 is 1.08 bits per heavy atom. The fraction of sp³-hybridized carbons (Fsp3) is 0.353. The molecule has 3 heterocycles. The second-order valence-corrected chi connectivity index (χ2v) is 6.13. The average molecular weight is 324 g/mol. The van der Waals surface area contributed by atoms with E-state index in [1.165, 1.54) is 0 Å². The van der Waals surface area contributed by atoms with Crippen molar-refractivity contribution in [2.75, 3.05) is 31.1 Å². The van der Waals surface area contributed by atoms with Gasteiger partial charge in [0.05, 0.1) is 23.6 Å². The zero-order chi connectivity index (χ0) is 16.7. The maximum Gasteiger partial charge on any atom is 0.272 e. The Hall–Kier alpha value is -2.83. The molecule has 124 valence electrons. The Morgan fingerprint density at radius 2 is 1.83 bits per heavy atom. The minimum absolute atomic E-state index is 0.0413. The van der Waals surface area contributed by atoms with Crippen LogP contribution in [-0.2, 0) is 14.1 Å². The number of para-hydroxylation sites is 2. The smallest absolute Gasteiger partial charge is 0.272 e. The molecule has 1 amide bonds. The molecule has 0 bridgehead atoms. The number of carbonyl (C=O) groups is 1. The summed E-state index contributed by atoms with van der Waals surface area (Å²) in [7, 11) is 3.88. The molecular weight excluding hydrogens is 304 g/mol. The van der Waals surface area contributed by atoms with Crippen LogP contribution in [0.1, 0.15) is 10.5 Å². The molecule has 0 atom stereocenters. The highest BCUT2D eigenvalue weighted by Crippen LogP contribution is 2.22. The standard InChI is InChI=1S/C17H20N6O/c1-20-12-18-11-15(20)16(24)22-7-9-23(10-8-22)17-19-13-5-3-4-6-14(13)21(17)2/h3-6,11-12H,7-10H2,1-2H3. The van der Waals surface area contributed by atoms with Gasteiger partial charge in [0, 0.05) is 40.3 Å². The van der Waals surface area contributed by atoms with E-state index in [0.717, 1.165) is 30.1 Å². The van der Waals surface area contributed by atoms with Crippen LogP contribution in [0.3, 0.4) is 0 Å². The zero-order valence-corrected chi connectivity index (χ0v) is 13.9. The summed E-state index contributed by atoms with van der Waals surface area (Å²) in [5, 5.41) is 0. The normalized spacial score (nSPS) is 15.2. The van der Waals surface area contributed by atoms with Crippen molar-refractivity contribution in [2.45, 2.75) is 0 Å². The van der Waals surface area contributed by atoms with Crippen LogP contribution in [0.25, 0.3) is 11.0 Å². The highest BCUT2D eigenvalue weighted by Gasteiger charge is 2.25. The Bertz CT molecular complexity index is 888. The first-order chi connectivity index (χ1) is 11.6. The van der Waals surface area contributed by atoms with Gasteiger partial charge in [-0.15, -0.1) is 0 Å². The summed E-state index contributed by atoms with van der Waals surface area (Å²) in [6.07, 6.45) is 3.28. The van der Waals surface area contributed by atoms with Gasteiger partial charge in [-0.25, -0.2) is 9.97 Å². The molecule has 0 radical (unpaired) electrons. The lowest BCUT2D eigenvalue weighted by Crippen LogP contribution is -2.49. The summed E-state index contributed by atoms with van der Waals surface area (Å²) in [5.74, 6) is 1.00. The van der Waals surface area contributed by atoms with E-state index in [-0.39, 0.29) is 5.91 Å². The molecule has 1 aliphatic rings. The van der Waals surface area contributed by atoms with Gasteiger partial charge < -0.3 is 18.9 Å². The number of hydrogen-bond acceptors (Lipinski definition) is 4. The van der Waals surface area contributed by atoms with Gasteiger partial charge in [0.1, 0.15) is 5.69 Å². The molecule has 1 aromatic carbocycles. The van der Waals surface area contributed by atoms with Crippen LogP contribution >= 0.6 is 0 Å². The molecule has 0 N–H and O–H groups in total. The molecule has 1 fully saturated rings. The third-order valence-electron chi connectivity index (χ3n) is 4.65. The number of fused-ring (bicyclic) bond motifs is 1. The first kappa shape index (κ1) is 14.7. The van der Waals surface area contributed by atoms with E-state index in [4.69, 9.17) is 4.98 Å². The van der Waals surface area contributed by atoms with E-state index in [1.807, 2.05) is 37.2 Å². The van der Waals surface area contributed by atoms with E-state index in [0.29, 0.717) is 18.8 Å². The lowest BCUT2D eigenvalue weighted by atomic mass is 10.3. The number of aromatic nitrogens is 4. The van der Waals surface area contributed by atoms with Crippen molar-refractivity contribution in [1.29, 1.82) is 0 Å². The zero-order valence-electron chi connectivity index (χ0n) is 13.9. The maximum absolute atomic E-state index is 12.6. The first-order valence-electron chi connectivity index (χ1n) is 8.07. The molecule has 3 aromatic rings. The van der Waals surface area contributed by atoms with Crippen molar-refractivity contribution in [3.05, 3.63) is 42.5 Å². The third kappa shape index (κ3) is 2.33. The Labute approximate surface area is 140 Å². The number of nitrogens with zero attached hydrogens (tertiary/aromatic N) is 6. The third-order valence-corrected chi connectivity index (χ3v) is 4.65. The summed E-state index contributed by atoms with van der Waals surface area (Å²) in [6.45, 7) is 2.93. The molecular formula is C17H20N6O. The Balaban J connectivity index is 1.50. The summed E-state index contributed by atoms with van der Waals surface area (Å²) in [5.41, 5.74) is 2.76. The molecule has 2 aromatic heterocycles. The van der Waals surface area contributed by atoms with Crippen LogP contribution in [0, 0.1) is 0 Å². The van der Waals surface area contributed by atoms with Crippen molar-refractivity contribution in [3.63, 3.8) is 0 Å². The number of aryl methyl sites for hydroxylation is 2. The number of anilines is 1. The lowest BCUT2D eigenvalue weighted by molar-refractivity contribution is 0.0736. The monoisotopic (exact) mass is 324 g/mol. The Morgan fingerprint density at radius 3 is 2.50 bits per heavy atom. The number of hydrogen-bond donors (Lipinski definition) is 0. The summed E-state index contributed by atoms with van der Waals surface area (Å²) in [6, 6.07) is 8.14. The maximum atomic E-state index is 12.6. The molecule has 1 saturated heterocycles. The quantitative estimate of drug-likeness (QED) is 0.712. The molecule has 7 heteroatoms. The molecule has 7 nitrogen and oxygen atoms in total. The average Bonchev–Trinajstić information content (AvgIpc) is 3.18. The van der Waals surface area contributed by atoms with Crippen LogP contribution in [0.15, 0.2) is 36.8 Å². The summed E-state index contributed by atoms with van der Waals surface area (Å²) in [4.78, 5) is 25.5. The summed E-state index contributed by atoms with van der Waals surface area (Å²) >= 11 is 0. The number of benzene rings is 1. The minimum atomic E-state index is 0.0413. The molecule has 24 heavy (non-hydrogen) atoms. The fourth-order valence-electron chi connectivity index (χ4n) is 3.25. The number of amides is 1. The SMILES string of the molecule is Cn1cncc1C(=O)N1CCN(c2nc3ccccc3n2C)CC1. The number of imidazole rings is 2. The molecule has 0 unspecified atom stereocenters. The van der Waals surface area contributed by atoms with Crippen molar-refractivity contribution in [2.24, 2.45) is 14.1 Å². The van der Waals surface area contributed by atoms with Gasteiger partial charge in [-0.2, -0.15) is 0 Å². The van der Waals surface area contributed by atoms with Gasteiger partial charge in [0.15, 0.2) is 0 Å². The van der Waals surface area contributed by atoms with E-state index in [9.17, 15) is 4.79 Å². The topological polar surface area (TPSA) is 59.2 Å². The van der Waals surface area contributed by atoms with Gasteiger partial charge >= 0.3 is 0 Å². The van der Waals surface area contributed by atoms with Crippen LogP contribution in [-0.4, -0.2) is 56.1 Å². The molecule has 0 aliphatic carbocycles. The lowest BCUT2D eigenvalue weighted by Gasteiger charge is -2.35. The highest BCUT2D eigenvalue weighted by atomic mass is 16.2. The van der Waals surface area contributed by atoms with Crippen LogP contribution in [0.4, 0.5) is 5.95 Å². The van der Waals surface area contributed by atoms with E-state index in [2.05, 4.69) is 20.5 Å². The Kier molecular flexibility index (Phi) is 3.48. The van der Waals surface area contributed by atoms with Crippen LogP contribution in [0.2, 0.25) is 0 Å². The van der Waals surface area contributed by atoms with Crippen LogP contribution < -0.4 is 4.90 Å². The van der Waals surface area contributed by atoms with Gasteiger partial charge in [-0.1, -0.05) is 12.1 Å². The van der Waals surface area contributed by atoms with Gasteiger partial charge in [-0.05, 0) is 12.1 Å². The second-order valence-electron chi connectivity index (χ2n) is 6.13. The molecule has 0 spiro atoms. The van der Waals surface area contributed by atoms with Gasteiger partial charge in [0.25, 0.3) is 5.91 Å². The van der Waals surface area contributed by atoms with E-state index < -0.39 is 0 Å². The predicted molar refractivity (Wildman–Crippen MR) is 92.0 cm³/mol. The highest BCUT2D eigenvalue weighted by molar-refractivity contribution is 5.92. The minimum Gasteiger partial charge on any atom is -0.339 e. The van der Waals surface area contributed by atoms with Crippen molar-refractivity contribution in [1.82, 2.24) is 24.0 Å². The second kappa shape index (κ2) is 5.67. The largest absolute Gasteiger partial charge is 0.339 e. The van der Waals surface area contributed by atoms with Gasteiger partial charge in [0.2, 0.25) is 5.95 Å². The van der Waals surface area contributed by atoms with E-state index in [1.54, 1.807) is 17.1 Å². The van der Waals surface area contributed by atoms with E-state index >= 15 is 0 Å². The first-order valence-corrected chi connectivity index (χ1v) is 8.07.